The Morgan fingerprint density at radius 1 is 0.929 bits per heavy atom. The van der Waals surface area contributed by atoms with Gasteiger partial charge in [0, 0.05) is 6.92 Å². The number of aromatic carboxylic acids is 1. The van der Waals surface area contributed by atoms with Crippen molar-refractivity contribution < 1.29 is 63.7 Å². The van der Waals surface area contributed by atoms with Crippen molar-refractivity contribution in [1.29, 1.82) is 0 Å². The van der Waals surface area contributed by atoms with Gasteiger partial charge in [-0.15, -0.1) is 0 Å². The number of rotatable bonds is 7. The summed E-state index contributed by atoms with van der Waals surface area (Å²) in [5.41, 5.74) is -0.565. The first-order valence-corrected chi connectivity index (χ1v) is 6.83. The number of carboxylic acids is 1. The maximum atomic E-state index is 13.5. The molecule has 0 saturated heterocycles. The lowest BCUT2D eigenvalue weighted by Crippen LogP contribution is -2.62. The lowest BCUT2D eigenvalue weighted by atomic mass is 10.0. The van der Waals surface area contributed by atoms with Gasteiger partial charge >= 0.3 is 35.9 Å². The van der Waals surface area contributed by atoms with E-state index < -0.39 is 59.6 Å². The van der Waals surface area contributed by atoms with E-state index in [1.807, 2.05) is 0 Å². The molecule has 1 rings (SSSR count). The molecule has 0 aromatic heterocycles. The van der Waals surface area contributed by atoms with Crippen LogP contribution in [0.1, 0.15) is 17.3 Å². The number of carbonyl (C=O) groups excluding carboxylic acids is 1. The van der Waals surface area contributed by atoms with Gasteiger partial charge < -0.3 is 14.6 Å². The maximum Gasteiger partial charge on any atom is 0.460 e. The summed E-state index contributed by atoms with van der Waals surface area (Å²) in [6, 6.07) is 1.79. The summed E-state index contributed by atoms with van der Waals surface area (Å²) in [4.78, 5) is 21.7. The third kappa shape index (κ3) is 4.42. The Bertz CT molecular complexity index is 758. The number of esters is 1. The quantitative estimate of drug-likeness (QED) is 0.401. The minimum Gasteiger partial charge on any atom is -0.483 e. The van der Waals surface area contributed by atoms with Crippen LogP contribution in [0.3, 0.4) is 0 Å². The zero-order chi connectivity index (χ0) is 22.1. The van der Waals surface area contributed by atoms with Gasteiger partial charge in [0.15, 0.2) is 18.1 Å². The fourth-order valence-electron chi connectivity index (χ4n) is 1.66. The summed E-state index contributed by atoms with van der Waals surface area (Å²) >= 11 is 0. The first-order valence-electron chi connectivity index (χ1n) is 6.83. The van der Waals surface area contributed by atoms with E-state index in [-0.39, 0.29) is 0 Å². The van der Waals surface area contributed by atoms with E-state index in [1.54, 1.807) is 0 Å². The molecule has 0 aliphatic rings. The Kier molecular flexibility index (Phi) is 6.17. The van der Waals surface area contributed by atoms with Crippen LogP contribution in [0.2, 0.25) is 0 Å². The zero-order valence-electron chi connectivity index (χ0n) is 13.4. The summed E-state index contributed by atoms with van der Waals surface area (Å²) in [7, 11) is 0. The number of halogens is 9. The number of hydrogen-bond acceptors (Lipinski definition) is 4. The molecule has 0 fully saturated rings. The third-order valence-electron chi connectivity index (χ3n) is 3.06. The number of benzene rings is 1. The molecular formula is C14H9F9O5. The Labute approximate surface area is 149 Å². The maximum absolute atomic E-state index is 13.5. The molecule has 0 atom stereocenters. The van der Waals surface area contributed by atoms with E-state index in [4.69, 9.17) is 5.11 Å². The van der Waals surface area contributed by atoms with Crippen molar-refractivity contribution in [2.45, 2.75) is 30.9 Å². The highest BCUT2D eigenvalue weighted by molar-refractivity contribution is 5.88. The summed E-state index contributed by atoms with van der Waals surface area (Å²) in [5.74, 6) is -24.6. The minimum absolute atomic E-state index is 0.553. The number of carbonyl (C=O) groups is 2. The smallest absolute Gasteiger partial charge is 0.460 e. The van der Waals surface area contributed by atoms with E-state index in [9.17, 15) is 49.1 Å². The van der Waals surface area contributed by atoms with Crippen molar-refractivity contribution in [3.63, 3.8) is 0 Å². The third-order valence-corrected chi connectivity index (χ3v) is 3.06. The largest absolute Gasteiger partial charge is 0.483 e. The molecule has 1 N–H and O–H groups in total. The van der Waals surface area contributed by atoms with Crippen LogP contribution in [0.4, 0.5) is 39.5 Å². The highest BCUT2D eigenvalue weighted by Gasteiger charge is 2.81. The molecule has 0 bridgehead atoms. The van der Waals surface area contributed by atoms with E-state index in [1.165, 1.54) is 0 Å². The molecule has 5 nitrogen and oxygen atoms in total. The fourth-order valence-corrected chi connectivity index (χ4v) is 1.66. The van der Waals surface area contributed by atoms with E-state index >= 15 is 0 Å². The summed E-state index contributed by atoms with van der Waals surface area (Å²) in [5, 5.41) is 8.78. The van der Waals surface area contributed by atoms with Crippen LogP contribution in [-0.2, 0) is 4.79 Å². The molecule has 1 aromatic rings. The van der Waals surface area contributed by atoms with Crippen molar-refractivity contribution in [2.24, 2.45) is 0 Å². The zero-order valence-corrected chi connectivity index (χ0v) is 13.4. The highest BCUT2D eigenvalue weighted by Crippen LogP contribution is 2.53. The summed E-state index contributed by atoms with van der Waals surface area (Å²) in [6.45, 7) is -1.89. The van der Waals surface area contributed by atoms with Crippen molar-refractivity contribution >= 4 is 11.9 Å². The van der Waals surface area contributed by atoms with Crippen molar-refractivity contribution in [3.05, 3.63) is 23.8 Å². The van der Waals surface area contributed by atoms with Crippen molar-refractivity contribution in [1.82, 2.24) is 0 Å². The molecule has 0 radical (unpaired) electrons. The van der Waals surface area contributed by atoms with Gasteiger partial charge in [-0.1, -0.05) is 0 Å². The standard InChI is InChI=1S/C14H9F9O5/c1-6(24)28-9-4-7(10(25)26)2-3-8(9)27-5-11(15,16)12(17,18)13(19,20)14(21,22)23/h2-4H,5H2,1H3,(H,25,26). The Morgan fingerprint density at radius 3 is 1.89 bits per heavy atom. The van der Waals surface area contributed by atoms with Crippen LogP contribution in [0.25, 0.3) is 0 Å². The van der Waals surface area contributed by atoms with Crippen molar-refractivity contribution in [3.8, 4) is 11.5 Å². The van der Waals surface area contributed by atoms with Crippen LogP contribution in [0, 0.1) is 0 Å². The van der Waals surface area contributed by atoms with Crippen LogP contribution in [0.15, 0.2) is 18.2 Å². The molecule has 0 aliphatic heterocycles. The van der Waals surface area contributed by atoms with Gasteiger partial charge in [0.25, 0.3) is 0 Å². The van der Waals surface area contributed by atoms with E-state index in [0.29, 0.717) is 18.2 Å². The molecule has 28 heavy (non-hydrogen) atoms. The molecule has 0 aliphatic carbocycles. The molecule has 14 heteroatoms. The summed E-state index contributed by atoms with van der Waals surface area (Å²) in [6.07, 6.45) is -6.98. The Hall–Kier alpha value is -2.67. The number of ether oxygens (including phenoxy) is 2. The highest BCUT2D eigenvalue weighted by atomic mass is 19.4. The average molecular weight is 428 g/mol. The first-order chi connectivity index (χ1) is 12.4. The van der Waals surface area contributed by atoms with Gasteiger partial charge in [-0.25, -0.2) is 4.79 Å². The molecular weight excluding hydrogens is 419 g/mol. The fraction of sp³-hybridized carbons (Fsp3) is 0.429. The predicted molar refractivity (Wildman–Crippen MR) is 71.1 cm³/mol. The SMILES string of the molecule is CC(=O)Oc1cc(C(=O)O)ccc1OCC(F)(F)C(F)(F)C(F)(F)C(F)(F)F. The Morgan fingerprint density at radius 2 is 1.46 bits per heavy atom. The number of alkyl halides is 9. The number of carboxylic acid groups (broad SMARTS) is 1. The van der Waals surface area contributed by atoms with Gasteiger partial charge in [0.05, 0.1) is 5.56 Å². The van der Waals surface area contributed by atoms with Gasteiger partial charge in [-0.2, -0.15) is 39.5 Å². The topological polar surface area (TPSA) is 72.8 Å². The van der Waals surface area contributed by atoms with Crippen LogP contribution in [-0.4, -0.2) is 47.6 Å². The normalized spacial score (nSPS) is 13.2. The molecule has 0 amide bonds. The summed E-state index contributed by atoms with van der Waals surface area (Å²) < 4.78 is 124. The molecule has 0 spiro atoms. The predicted octanol–water partition coefficient (Wildman–Crippen LogP) is 4.16. The second-order valence-electron chi connectivity index (χ2n) is 5.20. The second-order valence-corrected chi connectivity index (χ2v) is 5.20. The first kappa shape index (κ1) is 23.4. The molecule has 0 saturated carbocycles. The van der Waals surface area contributed by atoms with Gasteiger partial charge in [0.1, 0.15) is 0 Å². The van der Waals surface area contributed by atoms with Crippen molar-refractivity contribution in [2.75, 3.05) is 6.61 Å². The number of hydrogen-bond donors (Lipinski definition) is 1. The Balaban J connectivity index is 3.19. The van der Waals surface area contributed by atoms with Crippen LogP contribution < -0.4 is 9.47 Å². The van der Waals surface area contributed by atoms with Gasteiger partial charge in [-0.3, -0.25) is 4.79 Å². The minimum atomic E-state index is -7.08. The monoisotopic (exact) mass is 428 g/mol. The van der Waals surface area contributed by atoms with Crippen LogP contribution in [0.5, 0.6) is 11.5 Å². The second kappa shape index (κ2) is 7.39. The molecule has 0 heterocycles. The molecule has 0 unspecified atom stereocenters. The lowest BCUT2D eigenvalue weighted by molar-refractivity contribution is -0.398. The molecule has 1 aromatic carbocycles. The molecule has 158 valence electrons. The van der Waals surface area contributed by atoms with Gasteiger partial charge in [-0.05, 0) is 18.2 Å². The lowest BCUT2D eigenvalue weighted by Gasteiger charge is -2.33. The average Bonchev–Trinajstić information content (AvgIpc) is 2.51. The van der Waals surface area contributed by atoms with E-state index in [0.717, 1.165) is 6.92 Å². The van der Waals surface area contributed by atoms with Crippen LogP contribution >= 0.6 is 0 Å². The van der Waals surface area contributed by atoms with Gasteiger partial charge in [0.2, 0.25) is 0 Å². The van der Waals surface area contributed by atoms with E-state index in [2.05, 4.69) is 9.47 Å².